The van der Waals surface area contributed by atoms with Gasteiger partial charge in [0.1, 0.15) is 17.9 Å². The van der Waals surface area contributed by atoms with Gasteiger partial charge in [0.15, 0.2) is 0 Å². The van der Waals surface area contributed by atoms with E-state index in [1.165, 1.54) is 26.4 Å². The minimum Gasteiger partial charge on any atom is -0.496 e. The number of ether oxygens (including phenoxy) is 3. The number of esters is 1. The lowest BCUT2D eigenvalue weighted by atomic mass is 10.2. The Balaban J connectivity index is 3.06. The van der Waals surface area contributed by atoms with E-state index in [9.17, 15) is 13.2 Å². The predicted octanol–water partition coefficient (Wildman–Crippen LogP) is 1.43. The fourth-order valence-electron chi connectivity index (χ4n) is 1.29. The first-order chi connectivity index (χ1) is 8.90. The highest BCUT2D eigenvalue weighted by atomic mass is 35.7. The summed E-state index contributed by atoms with van der Waals surface area (Å²) in [7, 11) is 4.12. The van der Waals surface area contributed by atoms with Crippen LogP contribution in [0.25, 0.3) is 0 Å². The smallest absolute Gasteiger partial charge is 0.342 e. The molecule has 0 amide bonds. The molecule has 0 bridgehead atoms. The van der Waals surface area contributed by atoms with Gasteiger partial charge in [-0.3, -0.25) is 0 Å². The Hall–Kier alpha value is -1.31. The van der Waals surface area contributed by atoms with Crippen molar-refractivity contribution < 1.29 is 27.4 Å². The quantitative estimate of drug-likeness (QED) is 0.449. The normalized spacial score (nSPS) is 11.1. The van der Waals surface area contributed by atoms with Crippen LogP contribution in [0.5, 0.6) is 5.75 Å². The molecule has 8 heteroatoms. The van der Waals surface area contributed by atoms with Crippen molar-refractivity contribution in [3.8, 4) is 5.75 Å². The molecule has 19 heavy (non-hydrogen) atoms. The van der Waals surface area contributed by atoms with Crippen LogP contribution in [-0.2, 0) is 18.5 Å². The Morgan fingerprint density at radius 3 is 2.47 bits per heavy atom. The molecule has 0 spiro atoms. The number of halogens is 1. The van der Waals surface area contributed by atoms with Gasteiger partial charge >= 0.3 is 5.97 Å². The third-order valence-corrected chi connectivity index (χ3v) is 3.54. The van der Waals surface area contributed by atoms with Crippen molar-refractivity contribution in [1.82, 2.24) is 0 Å². The molecule has 1 aromatic rings. The molecule has 0 aromatic heterocycles. The molecule has 0 aliphatic carbocycles. The van der Waals surface area contributed by atoms with Gasteiger partial charge in [0, 0.05) is 17.8 Å². The van der Waals surface area contributed by atoms with Crippen molar-refractivity contribution in [1.29, 1.82) is 0 Å². The van der Waals surface area contributed by atoms with E-state index < -0.39 is 15.0 Å². The molecule has 0 fully saturated rings. The van der Waals surface area contributed by atoms with Crippen molar-refractivity contribution >= 4 is 25.7 Å². The molecular weight excluding hydrogens is 296 g/mol. The topological polar surface area (TPSA) is 78.9 Å². The van der Waals surface area contributed by atoms with Crippen molar-refractivity contribution in [3.63, 3.8) is 0 Å². The summed E-state index contributed by atoms with van der Waals surface area (Å²) in [5.74, 6) is -0.512. The number of rotatable bonds is 6. The first kappa shape index (κ1) is 15.7. The maximum absolute atomic E-state index is 11.8. The van der Waals surface area contributed by atoms with E-state index in [1.54, 1.807) is 0 Å². The van der Waals surface area contributed by atoms with Crippen LogP contribution in [0.1, 0.15) is 10.4 Å². The third-order valence-electron chi connectivity index (χ3n) is 2.19. The van der Waals surface area contributed by atoms with Crippen LogP contribution in [-0.4, -0.2) is 41.8 Å². The van der Waals surface area contributed by atoms with Crippen LogP contribution in [0.3, 0.4) is 0 Å². The Morgan fingerprint density at radius 2 is 1.95 bits per heavy atom. The van der Waals surface area contributed by atoms with Crippen LogP contribution in [0.15, 0.2) is 23.1 Å². The second-order valence-electron chi connectivity index (χ2n) is 3.43. The molecule has 6 nitrogen and oxygen atoms in total. The van der Waals surface area contributed by atoms with Crippen LogP contribution in [0.2, 0.25) is 0 Å². The number of carbonyl (C=O) groups is 1. The van der Waals surface area contributed by atoms with Gasteiger partial charge in [0.25, 0.3) is 9.05 Å². The maximum atomic E-state index is 11.8. The molecule has 0 saturated heterocycles. The fourth-order valence-corrected chi connectivity index (χ4v) is 2.07. The molecule has 1 rings (SSSR count). The lowest BCUT2D eigenvalue weighted by Gasteiger charge is -2.09. The summed E-state index contributed by atoms with van der Waals surface area (Å²) < 4.78 is 37.0. The maximum Gasteiger partial charge on any atom is 0.342 e. The summed E-state index contributed by atoms with van der Waals surface area (Å²) in [6.07, 6.45) is 0. The van der Waals surface area contributed by atoms with Gasteiger partial charge in [-0.2, -0.15) is 0 Å². The highest BCUT2D eigenvalue weighted by Gasteiger charge is 2.19. The summed E-state index contributed by atoms with van der Waals surface area (Å²) in [6, 6.07) is 3.69. The average molecular weight is 309 g/mol. The fraction of sp³-hybridized carbons (Fsp3) is 0.364. The summed E-state index contributed by atoms with van der Waals surface area (Å²) in [5.41, 5.74) is -0.0136. The van der Waals surface area contributed by atoms with Crippen LogP contribution in [0.4, 0.5) is 0 Å². The van der Waals surface area contributed by atoms with Gasteiger partial charge in [-0.05, 0) is 18.2 Å². The third kappa shape index (κ3) is 4.38. The number of benzene rings is 1. The predicted molar refractivity (Wildman–Crippen MR) is 68.2 cm³/mol. The van der Waals surface area contributed by atoms with E-state index in [-0.39, 0.29) is 29.4 Å². The molecule has 0 N–H and O–H groups in total. The van der Waals surface area contributed by atoms with E-state index >= 15 is 0 Å². The molecule has 0 heterocycles. The number of methoxy groups -OCH3 is 2. The lowest BCUT2D eigenvalue weighted by molar-refractivity contribution is 0.0384. The Bertz CT molecular complexity index is 554. The van der Waals surface area contributed by atoms with Gasteiger partial charge in [0.05, 0.1) is 18.6 Å². The largest absolute Gasteiger partial charge is 0.496 e. The summed E-state index contributed by atoms with van der Waals surface area (Å²) in [4.78, 5) is 11.6. The summed E-state index contributed by atoms with van der Waals surface area (Å²) in [5, 5.41) is 0. The van der Waals surface area contributed by atoms with Gasteiger partial charge in [-0.25, -0.2) is 13.2 Å². The monoisotopic (exact) mass is 308 g/mol. The molecular formula is C11H13ClO6S. The number of hydrogen-bond donors (Lipinski definition) is 0. The van der Waals surface area contributed by atoms with Crippen molar-refractivity contribution in [3.05, 3.63) is 23.8 Å². The number of carbonyl (C=O) groups excluding carboxylic acids is 1. The van der Waals surface area contributed by atoms with E-state index in [2.05, 4.69) is 0 Å². The molecule has 1 aromatic carbocycles. The van der Waals surface area contributed by atoms with Crippen LogP contribution >= 0.6 is 10.7 Å². The summed E-state index contributed by atoms with van der Waals surface area (Å²) in [6.45, 7) is 0.290. The zero-order valence-corrected chi connectivity index (χ0v) is 12.0. The van der Waals surface area contributed by atoms with Crippen molar-refractivity contribution in [2.45, 2.75) is 4.90 Å². The molecule has 106 valence electrons. The van der Waals surface area contributed by atoms with Crippen molar-refractivity contribution in [2.24, 2.45) is 0 Å². The van der Waals surface area contributed by atoms with Crippen molar-refractivity contribution in [2.75, 3.05) is 27.4 Å². The molecule has 0 unspecified atom stereocenters. The van der Waals surface area contributed by atoms with Gasteiger partial charge < -0.3 is 14.2 Å². The second-order valence-corrected chi connectivity index (χ2v) is 5.99. The SMILES string of the molecule is COCCOC(=O)c1cc(S(=O)(=O)Cl)ccc1OC. The van der Waals surface area contributed by atoms with E-state index in [1.807, 2.05) is 0 Å². The van der Waals surface area contributed by atoms with Gasteiger partial charge in [-0.15, -0.1) is 0 Å². The zero-order valence-electron chi connectivity index (χ0n) is 10.4. The Labute approximate surface area is 115 Å². The standard InChI is InChI=1S/C11H13ClO6S/c1-16-5-6-18-11(13)9-7-8(19(12,14)15)3-4-10(9)17-2/h3-4,7H,5-6H2,1-2H3. The molecule has 0 aliphatic heterocycles. The van der Waals surface area contributed by atoms with E-state index in [4.69, 9.17) is 24.9 Å². The van der Waals surface area contributed by atoms with Crippen LogP contribution < -0.4 is 4.74 Å². The summed E-state index contributed by atoms with van der Waals surface area (Å²) >= 11 is 0. The molecule has 0 radical (unpaired) electrons. The zero-order chi connectivity index (χ0) is 14.5. The highest BCUT2D eigenvalue weighted by Crippen LogP contribution is 2.25. The highest BCUT2D eigenvalue weighted by molar-refractivity contribution is 8.13. The first-order valence-corrected chi connectivity index (χ1v) is 7.50. The first-order valence-electron chi connectivity index (χ1n) is 5.19. The Kier molecular flexibility index (Phi) is 5.59. The molecule has 0 aliphatic rings. The average Bonchev–Trinajstić information content (AvgIpc) is 2.37. The van der Waals surface area contributed by atoms with Crippen LogP contribution in [0, 0.1) is 0 Å². The van der Waals surface area contributed by atoms with Gasteiger partial charge in [-0.1, -0.05) is 0 Å². The Morgan fingerprint density at radius 1 is 1.26 bits per heavy atom. The van der Waals surface area contributed by atoms with E-state index in [0.29, 0.717) is 0 Å². The molecule has 0 atom stereocenters. The minimum absolute atomic E-state index is 0.0136. The van der Waals surface area contributed by atoms with Gasteiger partial charge in [0.2, 0.25) is 0 Å². The second kappa shape index (κ2) is 6.74. The molecule has 0 saturated carbocycles. The minimum atomic E-state index is -3.92. The lowest BCUT2D eigenvalue weighted by Crippen LogP contribution is -2.11. The number of hydrogen-bond acceptors (Lipinski definition) is 6. The van der Waals surface area contributed by atoms with E-state index in [0.717, 1.165) is 6.07 Å².